The number of nitrogens with zero attached hydrogens (tertiary/aromatic N) is 2. The molecule has 0 aromatic rings. The van der Waals surface area contributed by atoms with Crippen LogP contribution in [-0.2, 0) is 23.9 Å². The molecule has 1 saturated carbocycles. The van der Waals surface area contributed by atoms with Crippen molar-refractivity contribution in [1.82, 2.24) is 15.1 Å². The van der Waals surface area contributed by atoms with Gasteiger partial charge in [-0.3, -0.25) is 19.2 Å². The van der Waals surface area contributed by atoms with Crippen LogP contribution < -0.4 is 5.32 Å². The molecule has 0 aromatic carbocycles. The molecule has 8 nitrogen and oxygen atoms in total. The van der Waals surface area contributed by atoms with Crippen LogP contribution in [-0.4, -0.2) is 73.3 Å². The molecule has 3 amide bonds. The zero-order valence-electron chi connectivity index (χ0n) is 14.2. The number of carbonyl (C=O) groups is 4. The number of ether oxygens (including phenoxy) is 1. The Hall–Kier alpha value is -2.12. The van der Waals surface area contributed by atoms with Gasteiger partial charge >= 0.3 is 5.97 Å². The molecule has 1 atom stereocenters. The SMILES string of the molecule is CN(C)C(=O)CNC(=O)COC(=O)[C@H]1CC(=O)N(C2CCCC2)C1. The Bertz CT molecular complexity index is 514. The Balaban J connectivity index is 1.72. The maximum atomic E-state index is 12.1. The monoisotopic (exact) mass is 339 g/mol. The maximum absolute atomic E-state index is 12.1. The number of carbonyl (C=O) groups excluding carboxylic acids is 4. The summed E-state index contributed by atoms with van der Waals surface area (Å²) in [4.78, 5) is 50.2. The van der Waals surface area contributed by atoms with E-state index < -0.39 is 24.4 Å². The molecule has 1 aliphatic heterocycles. The predicted octanol–water partition coefficient (Wildman–Crippen LogP) is -0.475. The fourth-order valence-electron chi connectivity index (χ4n) is 3.10. The number of rotatable bonds is 6. The molecule has 0 aromatic heterocycles. The van der Waals surface area contributed by atoms with E-state index >= 15 is 0 Å². The molecular formula is C16H25N3O5. The van der Waals surface area contributed by atoms with Gasteiger partial charge in [0.25, 0.3) is 5.91 Å². The second-order valence-corrected chi connectivity index (χ2v) is 6.56. The first-order valence-corrected chi connectivity index (χ1v) is 8.31. The fourth-order valence-corrected chi connectivity index (χ4v) is 3.10. The van der Waals surface area contributed by atoms with Crippen molar-refractivity contribution in [3.05, 3.63) is 0 Å². The van der Waals surface area contributed by atoms with Gasteiger partial charge in [-0.05, 0) is 12.8 Å². The average Bonchev–Trinajstić information content (AvgIpc) is 3.19. The van der Waals surface area contributed by atoms with Crippen LogP contribution in [0.25, 0.3) is 0 Å². The summed E-state index contributed by atoms with van der Waals surface area (Å²) in [7, 11) is 3.17. The van der Waals surface area contributed by atoms with Crippen LogP contribution >= 0.6 is 0 Å². The van der Waals surface area contributed by atoms with E-state index in [4.69, 9.17) is 4.74 Å². The molecule has 0 bridgehead atoms. The second-order valence-electron chi connectivity index (χ2n) is 6.56. The largest absolute Gasteiger partial charge is 0.455 e. The van der Waals surface area contributed by atoms with E-state index in [0.717, 1.165) is 25.7 Å². The van der Waals surface area contributed by atoms with Crippen molar-refractivity contribution in [2.75, 3.05) is 33.8 Å². The number of hydrogen-bond acceptors (Lipinski definition) is 5. The van der Waals surface area contributed by atoms with Crippen LogP contribution in [0, 0.1) is 5.92 Å². The molecule has 2 rings (SSSR count). The summed E-state index contributed by atoms with van der Waals surface area (Å²) in [6.45, 7) is -0.197. The number of likely N-dealkylation sites (tertiary alicyclic amines) is 1. The van der Waals surface area contributed by atoms with Gasteiger partial charge in [0.1, 0.15) is 0 Å². The Morgan fingerprint density at radius 3 is 2.54 bits per heavy atom. The third kappa shape index (κ3) is 4.69. The lowest BCUT2D eigenvalue weighted by Gasteiger charge is -2.23. The highest BCUT2D eigenvalue weighted by molar-refractivity contribution is 5.89. The van der Waals surface area contributed by atoms with E-state index in [-0.39, 0.29) is 30.8 Å². The lowest BCUT2D eigenvalue weighted by atomic mass is 10.1. The van der Waals surface area contributed by atoms with Crippen LogP contribution in [0.15, 0.2) is 0 Å². The molecule has 2 fully saturated rings. The fraction of sp³-hybridized carbons (Fsp3) is 0.750. The zero-order chi connectivity index (χ0) is 17.7. The number of esters is 1. The van der Waals surface area contributed by atoms with Crippen molar-refractivity contribution in [2.24, 2.45) is 5.92 Å². The van der Waals surface area contributed by atoms with Crippen molar-refractivity contribution in [3.63, 3.8) is 0 Å². The third-order valence-corrected chi connectivity index (χ3v) is 4.54. The van der Waals surface area contributed by atoms with Crippen LogP contribution in [0.2, 0.25) is 0 Å². The number of amides is 3. The molecule has 0 unspecified atom stereocenters. The molecule has 134 valence electrons. The Morgan fingerprint density at radius 2 is 1.92 bits per heavy atom. The molecule has 1 N–H and O–H groups in total. The van der Waals surface area contributed by atoms with Gasteiger partial charge in [-0.1, -0.05) is 12.8 Å². The van der Waals surface area contributed by atoms with Crippen LogP contribution in [0.1, 0.15) is 32.1 Å². The lowest BCUT2D eigenvalue weighted by Crippen LogP contribution is -2.38. The zero-order valence-corrected chi connectivity index (χ0v) is 14.2. The van der Waals surface area contributed by atoms with Crippen molar-refractivity contribution in [2.45, 2.75) is 38.1 Å². The van der Waals surface area contributed by atoms with Gasteiger partial charge in [0.2, 0.25) is 11.8 Å². The summed E-state index contributed by atoms with van der Waals surface area (Å²) in [6, 6.07) is 0.246. The number of nitrogens with one attached hydrogen (secondary N) is 1. The van der Waals surface area contributed by atoms with E-state index in [1.807, 2.05) is 0 Å². The van der Waals surface area contributed by atoms with Gasteiger partial charge in [-0.2, -0.15) is 0 Å². The molecule has 0 spiro atoms. The molecule has 1 aliphatic carbocycles. The van der Waals surface area contributed by atoms with Crippen LogP contribution in [0.3, 0.4) is 0 Å². The minimum atomic E-state index is -0.532. The highest BCUT2D eigenvalue weighted by Crippen LogP contribution is 2.29. The maximum Gasteiger partial charge on any atom is 0.311 e. The first-order chi connectivity index (χ1) is 11.4. The number of likely N-dealkylation sites (N-methyl/N-ethyl adjacent to an activating group) is 1. The van der Waals surface area contributed by atoms with E-state index in [1.165, 1.54) is 4.90 Å². The summed E-state index contributed by atoms with van der Waals surface area (Å²) >= 11 is 0. The summed E-state index contributed by atoms with van der Waals surface area (Å²) in [6.07, 6.45) is 4.38. The molecule has 0 radical (unpaired) electrons. The smallest absolute Gasteiger partial charge is 0.311 e. The first-order valence-electron chi connectivity index (χ1n) is 8.31. The van der Waals surface area contributed by atoms with Crippen molar-refractivity contribution in [1.29, 1.82) is 0 Å². The molecule has 1 heterocycles. The lowest BCUT2D eigenvalue weighted by molar-refractivity contribution is -0.152. The second kappa shape index (κ2) is 8.12. The summed E-state index contributed by atoms with van der Waals surface area (Å²) < 4.78 is 4.99. The van der Waals surface area contributed by atoms with Gasteiger partial charge in [0.15, 0.2) is 6.61 Å². The summed E-state index contributed by atoms with van der Waals surface area (Å²) in [5.74, 6) is -1.82. The third-order valence-electron chi connectivity index (χ3n) is 4.54. The van der Waals surface area contributed by atoms with E-state index in [9.17, 15) is 19.2 Å². The van der Waals surface area contributed by atoms with Gasteiger partial charge in [-0.25, -0.2) is 0 Å². The van der Waals surface area contributed by atoms with Gasteiger partial charge in [0.05, 0.1) is 12.5 Å². The molecule has 2 aliphatic rings. The Morgan fingerprint density at radius 1 is 1.25 bits per heavy atom. The predicted molar refractivity (Wildman–Crippen MR) is 84.7 cm³/mol. The first kappa shape index (κ1) is 18.2. The van der Waals surface area contributed by atoms with Crippen LogP contribution in [0.4, 0.5) is 0 Å². The van der Waals surface area contributed by atoms with Crippen LogP contribution in [0.5, 0.6) is 0 Å². The number of hydrogen-bond donors (Lipinski definition) is 1. The molecular weight excluding hydrogens is 314 g/mol. The molecule has 1 saturated heterocycles. The Kier molecular flexibility index (Phi) is 6.16. The Labute approximate surface area is 141 Å². The summed E-state index contributed by atoms with van der Waals surface area (Å²) in [5, 5.41) is 2.39. The summed E-state index contributed by atoms with van der Waals surface area (Å²) in [5.41, 5.74) is 0. The standard InChI is InChI=1S/C16H25N3O5/c1-18(2)15(22)8-17-13(20)10-24-16(23)11-7-14(21)19(9-11)12-5-3-4-6-12/h11-12H,3-10H2,1-2H3,(H,17,20)/t11-/m0/s1. The van der Waals surface area contributed by atoms with Crippen molar-refractivity contribution in [3.8, 4) is 0 Å². The van der Waals surface area contributed by atoms with Gasteiger partial charge in [0, 0.05) is 33.1 Å². The van der Waals surface area contributed by atoms with E-state index in [1.54, 1.807) is 19.0 Å². The normalized spacial score (nSPS) is 21.0. The average molecular weight is 339 g/mol. The van der Waals surface area contributed by atoms with E-state index in [0.29, 0.717) is 6.54 Å². The van der Waals surface area contributed by atoms with Crippen molar-refractivity contribution < 1.29 is 23.9 Å². The molecule has 24 heavy (non-hydrogen) atoms. The quantitative estimate of drug-likeness (QED) is 0.660. The van der Waals surface area contributed by atoms with Gasteiger partial charge < -0.3 is 19.9 Å². The highest BCUT2D eigenvalue weighted by atomic mass is 16.5. The van der Waals surface area contributed by atoms with E-state index in [2.05, 4.69) is 5.32 Å². The minimum absolute atomic E-state index is 0.00937. The topological polar surface area (TPSA) is 96.0 Å². The van der Waals surface area contributed by atoms with Crippen molar-refractivity contribution >= 4 is 23.7 Å². The van der Waals surface area contributed by atoms with Gasteiger partial charge in [-0.15, -0.1) is 0 Å². The minimum Gasteiger partial charge on any atom is -0.455 e. The molecule has 8 heteroatoms. The highest BCUT2D eigenvalue weighted by Gasteiger charge is 2.39.